The van der Waals surface area contributed by atoms with Crippen molar-refractivity contribution >= 4 is 5.82 Å². The fourth-order valence-electron chi connectivity index (χ4n) is 2.84. The van der Waals surface area contributed by atoms with Crippen molar-refractivity contribution in [3.05, 3.63) is 12.1 Å². The third-order valence-corrected chi connectivity index (χ3v) is 3.90. The van der Waals surface area contributed by atoms with E-state index < -0.39 is 0 Å². The minimum absolute atomic E-state index is 0.352. The number of hydrogen-bond acceptors (Lipinski definition) is 4. The maximum Gasteiger partial charge on any atom is 0.233 e. The summed E-state index contributed by atoms with van der Waals surface area (Å²) in [6.45, 7) is 2.22. The molecule has 2 fully saturated rings. The Bertz CT molecular complexity index is 367. The van der Waals surface area contributed by atoms with Gasteiger partial charge in [-0.1, -0.05) is 6.42 Å². The predicted octanol–water partition coefficient (Wildman–Crippen LogP) is 2.79. The van der Waals surface area contributed by atoms with Crippen LogP contribution in [0, 0.1) is 0 Å². The summed E-state index contributed by atoms with van der Waals surface area (Å²) in [5.41, 5.74) is 0. The molecule has 1 aliphatic carbocycles. The molecule has 98 valence electrons. The molecule has 1 saturated heterocycles. The summed E-state index contributed by atoms with van der Waals surface area (Å²) in [6.07, 6.45) is 9.12. The maximum atomic E-state index is 5.88. The van der Waals surface area contributed by atoms with Crippen molar-refractivity contribution in [1.82, 2.24) is 10.2 Å². The van der Waals surface area contributed by atoms with Crippen LogP contribution >= 0.6 is 0 Å². The lowest BCUT2D eigenvalue weighted by atomic mass is 9.98. The fourth-order valence-corrected chi connectivity index (χ4v) is 2.84. The van der Waals surface area contributed by atoms with E-state index in [0.29, 0.717) is 12.0 Å². The van der Waals surface area contributed by atoms with Gasteiger partial charge in [-0.2, -0.15) is 0 Å². The highest BCUT2D eigenvalue weighted by molar-refractivity contribution is 5.39. The molecule has 0 aromatic carbocycles. The van der Waals surface area contributed by atoms with Crippen LogP contribution in [-0.4, -0.2) is 29.4 Å². The van der Waals surface area contributed by atoms with Crippen molar-refractivity contribution < 1.29 is 4.74 Å². The van der Waals surface area contributed by atoms with E-state index in [1.807, 2.05) is 12.1 Å². The molecule has 3 rings (SSSR count). The Labute approximate surface area is 108 Å². The summed E-state index contributed by atoms with van der Waals surface area (Å²) >= 11 is 0. The van der Waals surface area contributed by atoms with E-state index in [1.165, 1.54) is 32.1 Å². The van der Waals surface area contributed by atoms with Crippen LogP contribution in [-0.2, 0) is 0 Å². The lowest BCUT2D eigenvalue weighted by molar-refractivity contribution is 0.147. The van der Waals surface area contributed by atoms with Crippen molar-refractivity contribution in [2.45, 2.75) is 51.0 Å². The van der Waals surface area contributed by atoms with E-state index in [4.69, 9.17) is 4.74 Å². The molecule has 0 atom stereocenters. The lowest BCUT2D eigenvalue weighted by Crippen LogP contribution is -2.21. The number of aromatic nitrogens is 2. The first-order chi connectivity index (χ1) is 8.92. The standard InChI is InChI=1S/C14H21N3O/c1-2-6-12(7-3-1)18-14-9-8-13(15-16-14)17-10-4-5-11-17/h8-9,12H,1-7,10-11H2. The van der Waals surface area contributed by atoms with Gasteiger partial charge in [0.2, 0.25) is 5.88 Å². The Morgan fingerprint density at radius 2 is 1.72 bits per heavy atom. The van der Waals surface area contributed by atoms with Crippen LogP contribution in [0.2, 0.25) is 0 Å². The molecule has 4 heteroatoms. The average molecular weight is 247 g/mol. The number of nitrogens with zero attached hydrogens (tertiary/aromatic N) is 3. The smallest absolute Gasteiger partial charge is 0.233 e. The van der Waals surface area contributed by atoms with Crippen LogP contribution in [0.1, 0.15) is 44.9 Å². The number of ether oxygens (including phenoxy) is 1. The predicted molar refractivity (Wildman–Crippen MR) is 71.0 cm³/mol. The van der Waals surface area contributed by atoms with Gasteiger partial charge in [0.1, 0.15) is 6.10 Å². The summed E-state index contributed by atoms with van der Waals surface area (Å²) in [4.78, 5) is 2.29. The van der Waals surface area contributed by atoms with Crippen LogP contribution in [0.3, 0.4) is 0 Å². The molecule has 18 heavy (non-hydrogen) atoms. The maximum absolute atomic E-state index is 5.88. The van der Waals surface area contributed by atoms with Gasteiger partial charge in [0.05, 0.1) is 0 Å². The highest BCUT2D eigenvalue weighted by atomic mass is 16.5. The van der Waals surface area contributed by atoms with Crippen molar-refractivity contribution in [1.29, 1.82) is 0 Å². The zero-order chi connectivity index (χ0) is 12.2. The highest BCUT2D eigenvalue weighted by Crippen LogP contribution is 2.23. The van der Waals surface area contributed by atoms with Gasteiger partial charge in [0.15, 0.2) is 5.82 Å². The van der Waals surface area contributed by atoms with E-state index in [0.717, 1.165) is 31.7 Å². The van der Waals surface area contributed by atoms with Crippen LogP contribution in [0.4, 0.5) is 5.82 Å². The summed E-state index contributed by atoms with van der Waals surface area (Å²) in [7, 11) is 0. The first-order valence-corrected chi connectivity index (χ1v) is 7.17. The zero-order valence-electron chi connectivity index (χ0n) is 10.8. The van der Waals surface area contributed by atoms with E-state index in [1.54, 1.807) is 0 Å². The van der Waals surface area contributed by atoms with Crippen LogP contribution in [0.15, 0.2) is 12.1 Å². The Kier molecular flexibility index (Phi) is 3.62. The zero-order valence-corrected chi connectivity index (χ0v) is 10.8. The number of anilines is 1. The first kappa shape index (κ1) is 11.8. The van der Waals surface area contributed by atoms with Gasteiger partial charge in [-0.3, -0.25) is 0 Å². The van der Waals surface area contributed by atoms with Gasteiger partial charge >= 0.3 is 0 Å². The second kappa shape index (κ2) is 5.55. The molecule has 1 aliphatic heterocycles. The largest absolute Gasteiger partial charge is 0.473 e. The third-order valence-electron chi connectivity index (χ3n) is 3.90. The second-order valence-electron chi connectivity index (χ2n) is 5.30. The van der Waals surface area contributed by atoms with Crippen LogP contribution in [0.5, 0.6) is 5.88 Å². The molecule has 0 radical (unpaired) electrons. The molecule has 0 spiro atoms. The Morgan fingerprint density at radius 3 is 2.39 bits per heavy atom. The van der Waals surface area contributed by atoms with Gasteiger partial charge in [-0.15, -0.1) is 10.2 Å². The quantitative estimate of drug-likeness (QED) is 0.823. The highest BCUT2D eigenvalue weighted by Gasteiger charge is 2.17. The molecule has 0 unspecified atom stereocenters. The van der Waals surface area contributed by atoms with E-state index in [-0.39, 0.29) is 0 Å². The van der Waals surface area contributed by atoms with Gasteiger partial charge in [-0.25, -0.2) is 0 Å². The number of hydrogen-bond donors (Lipinski definition) is 0. The molecular formula is C14H21N3O. The van der Waals surface area contributed by atoms with Gasteiger partial charge in [-0.05, 0) is 44.6 Å². The van der Waals surface area contributed by atoms with Gasteiger partial charge in [0.25, 0.3) is 0 Å². The Hall–Kier alpha value is -1.32. The van der Waals surface area contributed by atoms with Crippen molar-refractivity contribution in [3.8, 4) is 5.88 Å². The molecule has 0 bridgehead atoms. The summed E-state index contributed by atoms with van der Waals surface area (Å²) < 4.78 is 5.88. The van der Waals surface area contributed by atoms with Crippen molar-refractivity contribution in [2.24, 2.45) is 0 Å². The topological polar surface area (TPSA) is 38.2 Å². The number of rotatable bonds is 3. The minimum Gasteiger partial charge on any atom is -0.473 e. The fraction of sp³-hybridized carbons (Fsp3) is 0.714. The van der Waals surface area contributed by atoms with Crippen LogP contribution < -0.4 is 9.64 Å². The molecule has 2 aliphatic rings. The minimum atomic E-state index is 0.352. The lowest BCUT2D eigenvalue weighted by Gasteiger charge is -2.22. The SMILES string of the molecule is c1cc(N2CCCC2)nnc1OC1CCCCC1. The summed E-state index contributed by atoms with van der Waals surface area (Å²) in [5.74, 6) is 1.67. The molecular weight excluding hydrogens is 226 g/mol. The van der Waals surface area contributed by atoms with Crippen molar-refractivity contribution in [2.75, 3.05) is 18.0 Å². The first-order valence-electron chi connectivity index (χ1n) is 7.17. The molecule has 4 nitrogen and oxygen atoms in total. The van der Waals surface area contributed by atoms with Gasteiger partial charge < -0.3 is 9.64 Å². The molecule has 1 aromatic heterocycles. The molecule has 0 amide bonds. The average Bonchev–Trinajstić information content (AvgIpc) is 2.95. The second-order valence-corrected chi connectivity index (χ2v) is 5.30. The van der Waals surface area contributed by atoms with E-state index in [9.17, 15) is 0 Å². The molecule has 0 N–H and O–H groups in total. The van der Waals surface area contributed by atoms with E-state index in [2.05, 4.69) is 15.1 Å². The summed E-state index contributed by atoms with van der Waals surface area (Å²) in [6, 6.07) is 4.01. The van der Waals surface area contributed by atoms with Crippen LogP contribution in [0.25, 0.3) is 0 Å². The third kappa shape index (κ3) is 2.74. The summed E-state index contributed by atoms with van der Waals surface area (Å²) in [5, 5.41) is 8.48. The van der Waals surface area contributed by atoms with Crippen molar-refractivity contribution in [3.63, 3.8) is 0 Å². The molecule has 2 heterocycles. The van der Waals surface area contributed by atoms with E-state index >= 15 is 0 Å². The molecule has 1 aromatic rings. The molecule has 1 saturated carbocycles. The normalized spacial score (nSPS) is 21.2. The Balaban J connectivity index is 1.59. The van der Waals surface area contributed by atoms with Gasteiger partial charge in [0, 0.05) is 19.2 Å². The monoisotopic (exact) mass is 247 g/mol. The Morgan fingerprint density at radius 1 is 0.944 bits per heavy atom.